The molecular formula is C14H17BrN4O4S. The molecule has 0 aliphatic carbocycles. The van der Waals surface area contributed by atoms with Crippen LogP contribution >= 0.6 is 27.3 Å². The number of hydrogen-bond acceptors (Lipinski definition) is 7. The summed E-state index contributed by atoms with van der Waals surface area (Å²) in [5.74, 6) is 0.0848. The second kappa shape index (κ2) is 9.50. The molecule has 0 atom stereocenters. The van der Waals surface area contributed by atoms with Crippen LogP contribution in [-0.2, 0) is 9.59 Å². The van der Waals surface area contributed by atoms with E-state index in [0.717, 1.165) is 19.3 Å². The fourth-order valence-electron chi connectivity index (χ4n) is 1.96. The Hall–Kier alpha value is -1.78. The minimum Gasteiger partial charge on any atom is -0.447 e. The average molecular weight is 417 g/mol. The molecular weight excluding hydrogens is 400 g/mol. The topological polar surface area (TPSA) is 117 Å². The van der Waals surface area contributed by atoms with Gasteiger partial charge in [-0.3, -0.25) is 14.8 Å². The lowest BCUT2D eigenvalue weighted by Gasteiger charge is -2.01. The van der Waals surface area contributed by atoms with E-state index in [9.17, 15) is 9.59 Å². The number of unbranched alkanes of at least 4 members (excludes halogenated alkanes) is 3. The van der Waals surface area contributed by atoms with Crippen LogP contribution in [0.25, 0.3) is 10.8 Å². The third-order valence-corrected chi connectivity index (χ3v) is 4.42. The Kier molecular flexibility index (Phi) is 7.35. The van der Waals surface area contributed by atoms with Crippen molar-refractivity contribution in [1.29, 1.82) is 0 Å². The van der Waals surface area contributed by atoms with E-state index in [1.807, 2.05) is 0 Å². The predicted molar refractivity (Wildman–Crippen MR) is 91.6 cm³/mol. The summed E-state index contributed by atoms with van der Waals surface area (Å²) in [5.41, 5.74) is 1.59. The van der Waals surface area contributed by atoms with Gasteiger partial charge in [0, 0.05) is 12.8 Å². The van der Waals surface area contributed by atoms with Gasteiger partial charge in [0.2, 0.25) is 16.9 Å². The van der Waals surface area contributed by atoms with Gasteiger partial charge in [0.05, 0.1) is 0 Å². The molecule has 2 heterocycles. The molecule has 2 aromatic heterocycles. The molecule has 0 spiro atoms. The number of furan rings is 1. The standard InChI is InChI=1S/C14H17BrN4O4S/c15-10-8-7-9(23-10)13-17-18-14(24-13)16-11(20)5-3-1-2-4-6-12(21)19-22/h7-8,22H,1-6H2,(H,19,21)(H,16,18,20). The molecule has 10 heteroatoms. The van der Waals surface area contributed by atoms with Crippen molar-refractivity contribution in [3.8, 4) is 10.8 Å². The van der Waals surface area contributed by atoms with Crippen LogP contribution in [0.3, 0.4) is 0 Å². The first kappa shape index (κ1) is 18.6. The summed E-state index contributed by atoms with van der Waals surface area (Å²) in [6.45, 7) is 0. The van der Waals surface area contributed by atoms with Crippen LogP contribution in [0.4, 0.5) is 5.13 Å². The van der Waals surface area contributed by atoms with Crippen molar-refractivity contribution in [2.75, 3.05) is 5.32 Å². The molecule has 8 nitrogen and oxygen atoms in total. The van der Waals surface area contributed by atoms with E-state index < -0.39 is 0 Å². The quantitative estimate of drug-likeness (QED) is 0.327. The van der Waals surface area contributed by atoms with E-state index in [4.69, 9.17) is 9.62 Å². The molecule has 2 rings (SSSR count). The highest BCUT2D eigenvalue weighted by Crippen LogP contribution is 2.29. The molecule has 2 amide bonds. The van der Waals surface area contributed by atoms with Crippen LogP contribution in [0.5, 0.6) is 0 Å². The second-order valence-electron chi connectivity index (χ2n) is 5.01. The van der Waals surface area contributed by atoms with Crippen molar-refractivity contribution in [2.45, 2.75) is 38.5 Å². The number of anilines is 1. The van der Waals surface area contributed by atoms with Crippen LogP contribution in [0, 0.1) is 0 Å². The summed E-state index contributed by atoms with van der Waals surface area (Å²) >= 11 is 4.46. The molecule has 0 radical (unpaired) electrons. The van der Waals surface area contributed by atoms with E-state index in [2.05, 4.69) is 31.4 Å². The zero-order valence-electron chi connectivity index (χ0n) is 12.7. The van der Waals surface area contributed by atoms with Crippen LogP contribution < -0.4 is 10.8 Å². The SMILES string of the molecule is O=C(CCCCCCC(=O)Nc1nnc(-c2ccc(Br)o2)s1)NO. The summed E-state index contributed by atoms with van der Waals surface area (Å²) in [7, 11) is 0. The molecule has 0 saturated carbocycles. The Bertz CT molecular complexity index is 688. The van der Waals surface area contributed by atoms with Crippen molar-refractivity contribution >= 4 is 44.2 Å². The Morgan fingerprint density at radius 2 is 1.83 bits per heavy atom. The molecule has 0 bridgehead atoms. The Morgan fingerprint density at radius 1 is 1.12 bits per heavy atom. The lowest BCUT2D eigenvalue weighted by atomic mass is 10.1. The zero-order valence-corrected chi connectivity index (χ0v) is 15.2. The number of rotatable bonds is 9. The molecule has 24 heavy (non-hydrogen) atoms. The second-order valence-corrected chi connectivity index (χ2v) is 6.77. The van der Waals surface area contributed by atoms with Crippen molar-refractivity contribution in [3.05, 3.63) is 16.8 Å². The van der Waals surface area contributed by atoms with E-state index >= 15 is 0 Å². The maximum atomic E-state index is 11.8. The molecule has 0 aliphatic heterocycles. The lowest BCUT2D eigenvalue weighted by molar-refractivity contribution is -0.129. The predicted octanol–water partition coefficient (Wildman–Crippen LogP) is 3.35. The number of hydroxylamine groups is 1. The minimum atomic E-state index is -0.386. The van der Waals surface area contributed by atoms with Gasteiger partial charge in [0.15, 0.2) is 15.4 Å². The van der Waals surface area contributed by atoms with Gasteiger partial charge >= 0.3 is 0 Å². The van der Waals surface area contributed by atoms with E-state index in [-0.39, 0.29) is 11.8 Å². The van der Waals surface area contributed by atoms with Gasteiger partial charge < -0.3 is 9.73 Å². The third kappa shape index (κ3) is 6.02. The Labute approximate surface area is 150 Å². The van der Waals surface area contributed by atoms with Gasteiger partial charge in [0.1, 0.15) is 0 Å². The van der Waals surface area contributed by atoms with Crippen molar-refractivity contribution in [1.82, 2.24) is 15.7 Å². The van der Waals surface area contributed by atoms with Gasteiger partial charge in [-0.2, -0.15) is 0 Å². The van der Waals surface area contributed by atoms with Crippen molar-refractivity contribution in [2.24, 2.45) is 0 Å². The summed E-state index contributed by atoms with van der Waals surface area (Å²) in [5, 5.41) is 20.0. The molecule has 2 aromatic rings. The highest BCUT2D eigenvalue weighted by atomic mass is 79.9. The average Bonchev–Trinajstić information content (AvgIpc) is 3.19. The number of carbonyl (C=O) groups excluding carboxylic acids is 2. The van der Waals surface area contributed by atoms with Gasteiger partial charge in [-0.1, -0.05) is 24.2 Å². The van der Waals surface area contributed by atoms with Crippen molar-refractivity contribution in [3.63, 3.8) is 0 Å². The summed E-state index contributed by atoms with van der Waals surface area (Å²) in [6, 6.07) is 3.53. The van der Waals surface area contributed by atoms with Gasteiger partial charge in [-0.25, -0.2) is 5.48 Å². The maximum Gasteiger partial charge on any atom is 0.243 e. The van der Waals surface area contributed by atoms with E-state index in [0.29, 0.717) is 39.8 Å². The zero-order chi connectivity index (χ0) is 17.4. The number of nitrogens with one attached hydrogen (secondary N) is 2. The number of nitrogens with zero attached hydrogens (tertiary/aromatic N) is 2. The smallest absolute Gasteiger partial charge is 0.243 e. The molecule has 3 N–H and O–H groups in total. The van der Waals surface area contributed by atoms with Gasteiger partial charge in [-0.05, 0) is 40.9 Å². The third-order valence-electron chi connectivity index (χ3n) is 3.14. The first-order valence-electron chi connectivity index (χ1n) is 7.40. The van der Waals surface area contributed by atoms with Crippen LogP contribution in [-0.4, -0.2) is 27.2 Å². The fourth-order valence-corrected chi connectivity index (χ4v) is 2.99. The number of aromatic nitrogens is 2. The normalized spacial score (nSPS) is 10.6. The molecule has 0 saturated heterocycles. The fraction of sp³-hybridized carbons (Fsp3) is 0.429. The Morgan fingerprint density at radius 3 is 2.46 bits per heavy atom. The molecule has 0 aromatic carbocycles. The highest BCUT2D eigenvalue weighted by molar-refractivity contribution is 9.10. The van der Waals surface area contributed by atoms with Crippen molar-refractivity contribution < 1.29 is 19.2 Å². The van der Waals surface area contributed by atoms with Gasteiger partial charge in [-0.15, -0.1) is 10.2 Å². The molecule has 0 aliphatic rings. The van der Waals surface area contributed by atoms with E-state index in [1.165, 1.54) is 11.3 Å². The van der Waals surface area contributed by atoms with Gasteiger partial charge in [0.25, 0.3) is 0 Å². The number of halogens is 1. The molecule has 0 fully saturated rings. The van der Waals surface area contributed by atoms with E-state index in [1.54, 1.807) is 17.6 Å². The highest BCUT2D eigenvalue weighted by Gasteiger charge is 2.12. The molecule has 130 valence electrons. The monoisotopic (exact) mass is 416 g/mol. The maximum absolute atomic E-state index is 11.8. The first-order valence-corrected chi connectivity index (χ1v) is 9.01. The van der Waals surface area contributed by atoms with Crippen LogP contribution in [0.1, 0.15) is 38.5 Å². The van der Waals surface area contributed by atoms with Crippen LogP contribution in [0.2, 0.25) is 0 Å². The van der Waals surface area contributed by atoms with Crippen LogP contribution in [0.15, 0.2) is 21.2 Å². The number of carbonyl (C=O) groups is 2. The minimum absolute atomic E-state index is 0.119. The first-order chi connectivity index (χ1) is 11.6. The number of amides is 2. The largest absolute Gasteiger partial charge is 0.447 e. The lowest BCUT2D eigenvalue weighted by Crippen LogP contribution is -2.17. The summed E-state index contributed by atoms with van der Waals surface area (Å²) in [4.78, 5) is 22.7. The molecule has 0 unspecified atom stereocenters. The summed E-state index contributed by atoms with van der Waals surface area (Å²) in [6.07, 6.45) is 3.76. The summed E-state index contributed by atoms with van der Waals surface area (Å²) < 4.78 is 5.99. The number of hydrogen-bond donors (Lipinski definition) is 3. The Balaban J connectivity index is 1.66.